The smallest absolute Gasteiger partial charge is 0.175 e. The molecule has 116 valence electrons. The molecule has 0 saturated heterocycles. The standard InChI is InChI=1S/C17H18BrClN2S/c1-2-3-4-12-5-8-14(9-6-12)20-17(22)21-16-10-7-13(18)11-15(16)19/h5-11H,2-4H2,1H3,(H2,20,21,22). The molecule has 0 aliphatic heterocycles. The van der Waals surface area contributed by atoms with Crippen molar-refractivity contribution in [3.63, 3.8) is 0 Å². The van der Waals surface area contributed by atoms with Crippen LogP contribution in [0.5, 0.6) is 0 Å². The molecule has 0 atom stereocenters. The summed E-state index contributed by atoms with van der Waals surface area (Å²) < 4.78 is 0.935. The summed E-state index contributed by atoms with van der Waals surface area (Å²) in [6.07, 6.45) is 3.55. The van der Waals surface area contributed by atoms with Crippen molar-refractivity contribution in [3.05, 3.63) is 57.5 Å². The van der Waals surface area contributed by atoms with Gasteiger partial charge in [-0.1, -0.05) is 53.0 Å². The third-order valence-corrected chi connectivity index (χ3v) is 4.22. The van der Waals surface area contributed by atoms with Gasteiger partial charge in [0.15, 0.2) is 5.11 Å². The summed E-state index contributed by atoms with van der Waals surface area (Å²) in [4.78, 5) is 0. The van der Waals surface area contributed by atoms with Gasteiger partial charge in [0.05, 0.1) is 10.7 Å². The lowest BCUT2D eigenvalue weighted by molar-refractivity contribution is 0.795. The van der Waals surface area contributed by atoms with Gasteiger partial charge in [-0.3, -0.25) is 0 Å². The number of hydrogen-bond acceptors (Lipinski definition) is 1. The Morgan fingerprint density at radius 3 is 2.50 bits per heavy atom. The molecule has 0 aliphatic carbocycles. The molecule has 0 heterocycles. The fourth-order valence-electron chi connectivity index (χ4n) is 2.01. The fraction of sp³-hybridized carbons (Fsp3) is 0.235. The molecule has 2 N–H and O–H groups in total. The molecule has 2 aromatic rings. The molecule has 0 radical (unpaired) electrons. The van der Waals surface area contributed by atoms with Gasteiger partial charge < -0.3 is 10.6 Å². The molecule has 0 bridgehead atoms. The number of rotatable bonds is 5. The van der Waals surface area contributed by atoms with Gasteiger partial charge in [-0.15, -0.1) is 0 Å². The van der Waals surface area contributed by atoms with E-state index in [1.54, 1.807) is 0 Å². The Morgan fingerprint density at radius 2 is 1.86 bits per heavy atom. The van der Waals surface area contributed by atoms with Crippen LogP contribution in [-0.4, -0.2) is 5.11 Å². The SMILES string of the molecule is CCCCc1ccc(NC(=S)Nc2ccc(Br)cc2Cl)cc1. The maximum atomic E-state index is 6.17. The summed E-state index contributed by atoms with van der Waals surface area (Å²) in [7, 11) is 0. The van der Waals surface area contributed by atoms with Gasteiger partial charge in [-0.2, -0.15) is 0 Å². The van der Waals surface area contributed by atoms with Crippen LogP contribution in [0.15, 0.2) is 46.9 Å². The monoisotopic (exact) mass is 396 g/mol. The maximum absolute atomic E-state index is 6.17. The van der Waals surface area contributed by atoms with Crippen LogP contribution in [0.2, 0.25) is 5.02 Å². The van der Waals surface area contributed by atoms with E-state index < -0.39 is 0 Å². The van der Waals surface area contributed by atoms with Crippen LogP contribution in [0.3, 0.4) is 0 Å². The van der Waals surface area contributed by atoms with E-state index in [0.717, 1.165) is 22.3 Å². The Balaban J connectivity index is 1.94. The quantitative estimate of drug-likeness (QED) is 0.583. The predicted molar refractivity (Wildman–Crippen MR) is 104 cm³/mol. The highest BCUT2D eigenvalue weighted by Crippen LogP contribution is 2.25. The highest BCUT2D eigenvalue weighted by atomic mass is 79.9. The molecule has 0 amide bonds. The summed E-state index contributed by atoms with van der Waals surface area (Å²) in [6, 6.07) is 14.0. The van der Waals surface area contributed by atoms with E-state index in [1.807, 2.05) is 30.3 Å². The van der Waals surface area contributed by atoms with E-state index in [1.165, 1.54) is 18.4 Å². The van der Waals surface area contributed by atoms with E-state index >= 15 is 0 Å². The molecule has 0 unspecified atom stereocenters. The Morgan fingerprint density at radius 1 is 1.14 bits per heavy atom. The number of hydrogen-bond donors (Lipinski definition) is 2. The number of thiocarbonyl (C=S) groups is 1. The zero-order chi connectivity index (χ0) is 15.9. The summed E-state index contributed by atoms with van der Waals surface area (Å²) in [5.74, 6) is 0. The normalized spacial score (nSPS) is 10.3. The van der Waals surface area contributed by atoms with Crippen molar-refractivity contribution in [2.45, 2.75) is 26.2 Å². The molecule has 0 saturated carbocycles. The molecule has 0 fully saturated rings. The highest BCUT2D eigenvalue weighted by molar-refractivity contribution is 9.10. The maximum Gasteiger partial charge on any atom is 0.175 e. The summed E-state index contributed by atoms with van der Waals surface area (Å²) in [5, 5.41) is 7.41. The zero-order valence-electron chi connectivity index (χ0n) is 12.3. The van der Waals surface area contributed by atoms with E-state index in [2.05, 4.69) is 45.6 Å². The number of anilines is 2. The van der Waals surface area contributed by atoms with Crippen LogP contribution in [0, 0.1) is 0 Å². The summed E-state index contributed by atoms with van der Waals surface area (Å²) >= 11 is 14.9. The van der Waals surface area contributed by atoms with Gasteiger partial charge in [0.2, 0.25) is 0 Å². The third kappa shape index (κ3) is 5.27. The molecule has 22 heavy (non-hydrogen) atoms. The van der Waals surface area contributed by atoms with Crippen LogP contribution in [0.25, 0.3) is 0 Å². The number of aryl methyl sites for hydroxylation is 1. The first-order chi connectivity index (χ1) is 10.6. The first-order valence-corrected chi connectivity index (χ1v) is 8.78. The second kappa shape index (κ2) is 8.51. The van der Waals surface area contributed by atoms with Gasteiger partial charge in [-0.05, 0) is 61.0 Å². The van der Waals surface area contributed by atoms with Crippen molar-refractivity contribution in [1.82, 2.24) is 0 Å². The highest BCUT2D eigenvalue weighted by Gasteiger charge is 2.04. The van der Waals surface area contributed by atoms with Crippen molar-refractivity contribution in [2.24, 2.45) is 0 Å². The first-order valence-electron chi connectivity index (χ1n) is 7.20. The topological polar surface area (TPSA) is 24.1 Å². The first kappa shape index (κ1) is 17.3. The van der Waals surface area contributed by atoms with Crippen molar-refractivity contribution >= 4 is 56.2 Å². The van der Waals surface area contributed by atoms with Crippen LogP contribution in [0.4, 0.5) is 11.4 Å². The molecular weight excluding hydrogens is 380 g/mol. The fourth-order valence-corrected chi connectivity index (χ4v) is 2.96. The average molecular weight is 398 g/mol. The van der Waals surface area contributed by atoms with Gasteiger partial charge in [-0.25, -0.2) is 0 Å². The van der Waals surface area contributed by atoms with Crippen LogP contribution >= 0.6 is 39.7 Å². The number of nitrogens with one attached hydrogen (secondary N) is 2. The molecular formula is C17H18BrClN2S. The van der Waals surface area contributed by atoms with Crippen molar-refractivity contribution in [3.8, 4) is 0 Å². The van der Waals surface area contributed by atoms with Crippen molar-refractivity contribution in [2.75, 3.05) is 10.6 Å². The van der Waals surface area contributed by atoms with E-state index in [0.29, 0.717) is 10.1 Å². The Labute approximate surface area is 150 Å². The van der Waals surface area contributed by atoms with Crippen LogP contribution in [0.1, 0.15) is 25.3 Å². The van der Waals surface area contributed by atoms with E-state index in [9.17, 15) is 0 Å². The summed E-state index contributed by atoms with van der Waals surface area (Å²) in [6.45, 7) is 2.20. The minimum Gasteiger partial charge on any atom is -0.332 e. The minimum absolute atomic E-state index is 0.519. The molecule has 5 heteroatoms. The second-order valence-electron chi connectivity index (χ2n) is 5.00. The number of halogens is 2. The van der Waals surface area contributed by atoms with Crippen molar-refractivity contribution in [1.29, 1.82) is 0 Å². The van der Waals surface area contributed by atoms with Gasteiger partial charge >= 0.3 is 0 Å². The molecule has 0 aromatic heterocycles. The number of benzene rings is 2. The molecule has 0 spiro atoms. The average Bonchev–Trinajstić information content (AvgIpc) is 2.49. The van der Waals surface area contributed by atoms with Crippen LogP contribution < -0.4 is 10.6 Å². The Bertz CT molecular complexity index is 644. The summed E-state index contributed by atoms with van der Waals surface area (Å²) in [5.41, 5.74) is 3.09. The minimum atomic E-state index is 0.519. The second-order valence-corrected chi connectivity index (χ2v) is 6.73. The number of unbranched alkanes of at least 4 members (excludes halogenated alkanes) is 1. The van der Waals surface area contributed by atoms with E-state index in [-0.39, 0.29) is 0 Å². The predicted octanol–water partition coefficient (Wildman–Crippen LogP) is 6.25. The van der Waals surface area contributed by atoms with Crippen LogP contribution in [-0.2, 0) is 6.42 Å². The Kier molecular flexibility index (Phi) is 6.68. The van der Waals surface area contributed by atoms with E-state index in [4.69, 9.17) is 23.8 Å². The lowest BCUT2D eigenvalue weighted by Crippen LogP contribution is -2.19. The third-order valence-electron chi connectivity index (χ3n) is 3.21. The Hall–Kier alpha value is -1.10. The molecule has 2 aromatic carbocycles. The lowest BCUT2D eigenvalue weighted by Gasteiger charge is -2.12. The van der Waals surface area contributed by atoms with Gasteiger partial charge in [0.1, 0.15) is 0 Å². The molecule has 2 nitrogen and oxygen atoms in total. The van der Waals surface area contributed by atoms with Gasteiger partial charge in [0, 0.05) is 10.2 Å². The van der Waals surface area contributed by atoms with Crippen molar-refractivity contribution < 1.29 is 0 Å². The molecule has 2 rings (SSSR count). The van der Waals surface area contributed by atoms with Gasteiger partial charge in [0.25, 0.3) is 0 Å². The molecule has 0 aliphatic rings. The largest absolute Gasteiger partial charge is 0.332 e. The lowest BCUT2D eigenvalue weighted by atomic mass is 10.1. The zero-order valence-corrected chi connectivity index (χ0v) is 15.5.